The third kappa shape index (κ3) is 4.18. The van der Waals surface area contributed by atoms with Crippen LogP contribution in [0.5, 0.6) is 5.88 Å². The minimum absolute atomic E-state index is 0.0952. The molecular formula is C20H23N5O3. The van der Waals surface area contributed by atoms with Crippen LogP contribution in [-0.4, -0.2) is 51.9 Å². The molecule has 0 aliphatic carbocycles. The quantitative estimate of drug-likeness (QED) is 0.551. The third-order valence-corrected chi connectivity index (χ3v) is 4.72. The van der Waals surface area contributed by atoms with Gasteiger partial charge in [-0.2, -0.15) is 4.98 Å². The molecule has 146 valence electrons. The SMILES string of the molecule is COCCOc1ncccc1-c1noc([C@@H]2CCCN2Cc2ccccn2)n1. The molecule has 28 heavy (non-hydrogen) atoms. The Morgan fingerprint density at radius 3 is 2.93 bits per heavy atom. The minimum Gasteiger partial charge on any atom is -0.475 e. The first-order valence-corrected chi connectivity index (χ1v) is 9.40. The van der Waals surface area contributed by atoms with Crippen molar-refractivity contribution in [3.05, 3.63) is 54.3 Å². The van der Waals surface area contributed by atoms with Gasteiger partial charge in [0.2, 0.25) is 17.6 Å². The van der Waals surface area contributed by atoms with Crippen molar-refractivity contribution in [3.8, 4) is 17.3 Å². The van der Waals surface area contributed by atoms with E-state index in [9.17, 15) is 0 Å². The molecule has 0 saturated carbocycles. The van der Waals surface area contributed by atoms with Gasteiger partial charge in [0.1, 0.15) is 6.61 Å². The maximum absolute atomic E-state index is 5.69. The van der Waals surface area contributed by atoms with Gasteiger partial charge in [-0.05, 0) is 43.7 Å². The van der Waals surface area contributed by atoms with E-state index in [2.05, 4.69) is 25.0 Å². The molecule has 0 unspecified atom stereocenters. The normalized spacial score (nSPS) is 17.1. The molecule has 8 heteroatoms. The average Bonchev–Trinajstić information content (AvgIpc) is 3.39. The second-order valence-electron chi connectivity index (χ2n) is 6.60. The molecule has 0 N–H and O–H groups in total. The molecule has 1 aliphatic heterocycles. The zero-order valence-corrected chi connectivity index (χ0v) is 15.8. The van der Waals surface area contributed by atoms with E-state index < -0.39 is 0 Å². The topological polar surface area (TPSA) is 86.4 Å². The van der Waals surface area contributed by atoms with Crippen molar-refractivity contribution in [3.63, 3.8) is 0 Å². The van der Waals surface area contributed by atoms with E-state index in [0.29, 0.717) is 36.4 Å². The fourth-order valence-corrected chi connectivity index (χ4v) is 3.37. The van der Waals surface area contributed by atoms with Gasteiger partial charge in [-0.3, -0.25) is 9.88 Å². The van der Waals surface area contributed by atoms with E-state index >= 15 is 0 Å². The summed E-state index contributed by atoms with van der Waals surface area (Å²) in [5.74, 6) is 1.58. The molecule has 0 spiro atoms. The van der Waals surface area contributed by atoms with Gasteiger partial charge >= 0.3 is 0 Å². The van der Waals surface area contributed by atoms with Crippen LogP contribution >= 0.6 is 0 Å². The molecule has 1 saturated heterocycles. The van der Waals surface area contributed by atoms with Gasteiger partial charge in [0.25, 0.3) is 0 Å². The Morgan fingerprint density at radius 1 is 1.14 bits per heavy atom. The zero-order chi connectivity index (χ0) is 19.2. The maximum atomic E-state index is 5.69. The monoisotopic (exact) mass is 381 g/mol. The summed E-state index contributed by atoms with van der Waals surface area (Å²) in [5, 5.41) is 4.18. The van der Waals surface area contributed by atoms with Crippen LogP contribution in [0, 0.1) is 0 Å². The van der Waals surface area contributed by atoms with Crippen LogP contribution in [0.2, 0.25) is 0 Å². The van der Waals surface area contributed by atoms with Crippen molar-refractivity contribution in [2.45, 2.75) is 25.4 Å². The van der Waals surface area contributed by atoms with Gasteiger partial charge in [-0.1, -0.05) is 11.2 Å². The number of methoxy groups -OCH3 is 1. The Labute approximate surface area is 163 Å². The third-order valence-electron chi connectivity index (χ3n) is 4.72. The Balaban J connectivity index is 1.51. The molecule has 4 rings (SSSR count). The number of hydrogen-bond acceptors (Lipinski definition) is 8. The highest BCUT2D eigenvalue weighted by Gasteiger charge is 2.31. The van der Waals surface area contributed by atoms with Gasteiger partial charge in [-0.15, -0.1) is 0 Å². The standard InChI is InChI=1S/C20H23N5O3/c1-26-12-13-27-19-16(7-4-10-22-19)18-23-20(28-24-18)17-8-5-11-25(17)14-15-6-2-3-9-21-15/h2-4,6-7,9-10,17H,5,8,11-14H2,1H3/t17-/m0/s1. The number of rotatable bonds is 8. The lowest BCUT2D eigenvalue weighted by molar-refractivity contribution is 0.144. The van der Waals surface area contributed by atoms with Crippen molar-refractivity contribution >= 4 is 0 Å². The smallest absolute Gasteiger partial charge is 0.244 e. The molecular weight excluding hydrogens is 358 g/mol. The van der Waals surface area contributed by atoms with Crippen molar-refractivity contribution in [2.75, 3.05) is 26.9 Å². The predicted octanol–water partition coefficient (Wildman–Crippen LogP) is 2.89. The van der Waals surface area contributed by atoms with Crippen LogP contribution in [-0.2, 0) is 11.3 Å². The molecule has 0 aromatic carbocycles. The fraction of sp³-hybridized carbons (Fsp3) is 0.400. The fourth-order valence-electron chi connectivity index (χ4n) is 3.37. The summed E-state index contributed by atoms with van der Waals surface area (Å²) >= 11 is 0. The number of aromatic nitrogens is 4. The van der Waals surface area contributed by atoms with Crippen molar-refractivity contribution in [1.29, 1.82) is 0 Å². The first-order valence-electron chi connectivity index (χ1n) is 9.40. The summed E-state index contributed by atoms with van der Waals surface area (Å²) < 4.78 is 16.3. The summed E-state index contributed by atoms with van der Waals surface area (Å²) in [5.41, 5.74) is 1.75. The maximum Gasteiger partial charge on any atom is 0.244 e. The largest absolute Gasteiger partial charge is 0.475 e. The Bertz CT molecular complexity index is 886. The van der Waals surface area contributed by atoms with Crippen LogP contribution < -0.4 is 4.74 Å². The molecule has 0 amide bonds. The number of ether oxygens (including phenoxy) is 2. The van der Waals surface area contributed by atoms with Gasteiger partial charge in [-0.25, -0.2) is 4.98 Å². The van der Waals surface area contributed by atoms with Crippen LogP contribution in [0.15, 0.2) is 47.2 Å². The predicted molar refractivity (Wildman–Crippen MR) is 102 cm³/mol. The number of nitrogens with zero attached hydrogens (tertiary/aromatic N) is 5. The zero-order valence-electron chi connectivity index (χ0n) is 15.8. The molecule has 1 aliphatic rings. The second kappa shape index (κ2) is 8.90. The molecule has 8 nitrogen and oxygen atoms in total. The second-order valence-corrected chi connectivity index (χ2v) is 6.60. The van der Waals surface area contributed by atoms with Gasteiger partial charge < -0.3 is 14.0 Å². The van der Waals surface area contributed by atoms with Crippen LogP contribution in [0.25, 0.3) is 11.4 Å². The number of likely N-dealkylation sites (tertiary alicyclic amines) is 1. The lowest BCUT2D eigenvalue weighted by Crippen LogP contribution is -2.23. The lowest BCUT2D eigenvalue weighted by Gasteiger charge is -2.20. The highest BCUT2D eigenvalue weighted by Crippen LogP contribution is 2.34. The molecule has 0 bridgehead atoms. The molecule has 1 fully saturated rings. The van der Waals surface area contributed by atoms with Gasteiger partial charge in [0.15, 0.2) is 0 Å². The summed E-state index contributed by atoms with van der Waals surface area (Å²) in [4.78, 5) is 15.7. The molecule has 3 aromatic rings. The van der Waals surface area contributed by atoms with Crippen molar-refractivity contribution in [1.82, 2.24) is 25.0 Å². The highest BCUT2D eigenvalue weighted by atomic mass is 16.5. The highest BCUT2D eigenvalue weighted by molar-refractivity contribution is 5.60. The van der Waals surface area contributed by atoms with Gasteiger partial charge in [0.05, 0.1) is 23.9 Å². The van der Waals surface area contributed by atoms with Crippen LogP contribution in [0.4, 0.5) is 0 Å². The molecule has 4 heterocycles. The Hall–Kier alpha value is -2.84. The van der Waals surface area contributed by atoms with E-state index in [4.69, 9.17) is 14.0 Å². The first kappa shape index (κ1) is 18.5. The van der Waals surface area contributed by atoms with Crippen LogP contribution in [0.1, 0.15) is 30.5 Å². The summed E-state index contributed by atoms with van der Waals surface area (Å²) in [6.45, 7) is 2.64. The summed E-state index contributed by atoms with van der Waals surface area (Å²) in [6, 6.07) is 9.77. The van der Waals surface area contributed by atoms with E-state index in [-0.39, 0.29) is 6.04 Å². The average molecular weight is 381 g/mol. The minimum atomic E-state index is 0.0952. The molecule has 3 aromatic heterocycles. The molecule has 0 radical (unpaired) electrons. The van der Waals surface area contributed by atoms with Crippen molar-refractivity contribution in [2.24, 2.45) is 0 Å². The summed E-state index contributed by atoms with van der Waals surface area (Å²) in [6.07, 6.45) is 5.57. The number of pyridine rings is 2. The lowest BCUT2D eigenvalue weighted by atomic mass is 10.2. The van der Waals surface area contributed by atoms with Crippen LogP contribution in [0.3, 0.4) is 0 Å². The Morgan fingerprint density at radius 2 is 2.07 bits per heavy atom. The molecule has 1 atom stereocenters. The van der Waals surface area contributed by atoms with E-state index in [1.807, 2.05) is 36.5 Å². The Kier molecular flexibility index (Phi) is 5.89. The first-order chi connectivity index (χ1) is 13.8. The van der Waals surface area contributed by atoms with E-state index in [1.165, 1.54) is 0 Å². The van der Waals surface area contributed by atoms with E-state index in [0.717, 1.165) is 31.6 Å². The number of hydrogen-bond donors (Lipinski definition) is 0. The van der Waals surface area contributed by atoms with E-state index in [1.54, 1.807) is 13.3 Å². The van der Waals surface area contributed by atoms with Crippen molar-refractivity contribution < 1.29 is 14.0 Å². The van der Waals surface area contributed by atoms with Gasteiger partial charge in [0, 0.05) is 26.0 Å². The summed E-state index contributed by atoms with van der Waals surface area (Å²) in [7, 11) is 1.63.